The molecule has 4 rings (SSSR count). The highest BCUT2D eigenvalue weighted by Crippen LogP contribution is 2.24. The first-order valence-electron chi connectivity index (χ1n) is 9.65. The van der Waals surface area contributed by atoms with Crippen molar-refractivity contribution in [1.29, 1.82) is 0 Å². The van der Waals surface area contributed by atoms with Gasteiger partial charge in [-0.3, -0.25) is 4.90 Å². The molecule has 2 unspecified atom stereocenters. The Morgan fingerprint density at radius 3 is 2.42 bits per heavy atom. The second-order valence-electron chi connectivity index (χ2n) is 7.63. The first-order valence-corrected chi connectivity index (χ1v) is 9.65. The van der Waals surface area contributed by atoms with Crippen LogP contribution in [0.15, 0.2) is 30.3 Å². The summed E-state index contributed by atoms with van der Waals surface area (Å²) in [5.74, 6) is 1.59. The molecule has 7 nitrogen and oxygen atoms in total. The maximum Gasteiger partial charge on any atom is 0.250 e. The number of hydrogen-bond acceptors (Lipinski definition) is 6. The lowest BCUT2D eigenvalue weighted by atomic mass is 9.96. The van der Waals surface area contributed by atoms with Gasteiger partial charge in [0.1, 0.15) is 0 Å². The van der Waals surface area contributed by atoms with Crippen LogP contribution < -0.4 is 4.90 Å². The molecule has 7 heteroatoms. The van der Waals surface area contributed by atoms with E-state index >= 15 is 0 Å². The monoisotopic (exact) mass is 356 g/mol. The zero-order chi connectivity index (χ0) is 17.9. The lowest BCUT2D eigenvalue weighted by molar-refractivity contribution is -0.0720. The van der Waals surface area contributed by atoms with E-state index in [1.807, 2.05) is 35.0 Å². The van der Waals surface area contributed by atoms with Gasteiger partial charge in [-0.05, 0) is 55.2 Å². The van der Waals surface area contributed by atoms with Gasteiger partial charge in [0, 0.05) is 32.7 Å². The van der Waals surface area contributed by atoms with Crippen LogP contribution in [0.2, 0.25) is 0 Å². The van der Waals surface area contributed by atoms with Crippen LogP contribution in [0, 0.1) is 5.92 Å². The largest absolute Gasteiger partial charge is 0.373 e. The van der Waals surface area contributed by atoms with Crippen molar-refractivity contribution in [3.05, 3.63) is 30.3 Å². The van der Waals surface area contributed by atoms with Crippen molar-refractivity contribution >= 4 is 5.95 Å². The summed E-state index contributed by atoms with van der Waals surface area (Å²) in [6.07, 6.45) is 3.05. The van der Waals surface area contributed by atoms with E-state index in [-0.39, 0.29) is 0 Å². The van der Waals surface area contributed by atoms with E-state index in [9.17, 15) is 0 Å². The SMILES string of the molecule is CC1CN(CC2CCN(c3nnnn3-c3ccccc3)CC2)CC(C)O1. The third kappa shape index (κ3) is 3.88. The summed E-state index contributed by atoms with van der Waals surface area (Å²) < 4.78 is 7.69. The van der Waals surface area contributed by atoms with Gasteiger partial charge in [-0.1, -0.05) is 23.3 Å². The summed E-state index contributed by atoms with van der Waals surface area (Å²) in [6, 6.07) is 10.1. The van der Waals surface area contributed by atoms with Crippen LogP contribution in [0.5, 0.6) is 0 Å². The van der Waals surface area contributed by atoms with Gasteiger partial charge < -0.3 is 9.64 Å². The number of tetrazole rings is 1. The average Bonchev–Trinajstić information content (AvgIpc) is 3.12. The molecule has 2 aromatic rings. The van der Waals surface area contributed by atoms with E-state index in [0.29, 0.717) is 12.2 Å². The van der Waals surface area contributed by atoms with Gasteiger partial charge >= 0.3 is 0 Å². The molecule has 0 amide bonds. The van der Waals surface area contributed by atoms with E-state index in [2.05, 4.69) is 39.2 Å². The molecule has 1 aromatic heterocycles. The Morgan fingerprint density at radius 1 is 1.04 bits per heavy atom. The minimum Gasteiger partial charge on any atom is -0.373 e. The molecule has 0 radical (unpaired) electrons. The molecule has 3 heterocycles. The maximum atomic E-state index is 5.85. The van der Waals surface area contributed by atoms with E-state index in [1.54, 1.807) is 0 Å². The van der Waals surface area contributed by atoms with Crippen LogP contribution in [-0.4, -0.2) is 70.0 Å². The summed E-state index contributed by atoms with van der Waals surface area (Å²) in [6.45, 7) is 9.65. The van der Waals surface area contributed by atoms with Gasteiger partial charge in [0.15, 0.2) is 0 Å². The molecule has 1 aromatic carbocycles. The average molecular weight is 356 g/mol. The Balaban J connectivity index is 1.35. The number of morpholine rings is 1. The molecule has 2 saturated heterocycles. The number of aromatic nitrogens is 4. The fourth-order valence-electron chi connectivity index (χ4n) is 4.23. The van der Waals surface area contributed by atoms with E-state index in [4.69, 9.17) is 4.74 Å². The molecule has 2 aliphatic heterocycles. The van der Waals surface area contributed by atoms with Gasteiger partial charge in [-0.2, -0.15) is 4.68 Å². The molecule has 0 bridgehead atoms. The molecular weight excluding hydrogens is 328 g/mol. The lowest BCUT2D eigenvalue weighted by Crippen LogP contribution is -2.48. The smallest absolute Gasteiger partial charge is 0.250 e. The van der Waals surface area contributed by atoms with Crippen molar-refractivity contribution in [2.24, 2.45) is 5.92 Å². The van der Waals surface area contributed by atoms with Crippen molar-refractivity contribution in [3.8, 4) is 5.69 Å². The predicted molar refractivity (Wildman–Crippen MR) is 101 cm³/mol. The summed E-state index contributed by atoms with van der Waals surface area (Å²) in [5, 5.41) is 12.4. The summed E-state index contributed by atoms with van der Waals surface area (Å²) in [5.41, 5.74) is 1.01. The van der Waals surface area contributed by atoms with E-state index in [0.717, 1.165) is 43.7 Å². The summed E-state index contributed by atoms with van der Waals surface area (Å²) in [4.78, 5) is 4.89. The van der Waals surface area contributed by atoms with Crippen LogP contribution in [0.4, 0.5) is 5.95 Å². The fourth-order valence-corrected chi connectivity index (χ4v) is 4.23. The zero-order valence-electron chi connectivity index (χ0n) is 15.7. The lowest BCUT2D eigenvalue weighted by Gasteiger charge is -2.39. The predicted octanol–water partition coefficient (Wildman–Crippen LogP) is 1.99. The van der Waals surface area contributed by atoms with Crippen LogP contribution in [-0.2, 0) is 4.74 Å². The highest BCUT2D eigenvalue weighted by Gasteiger charge is 2.28. The molecule has 0 N–H and O–H groups in total. The van der Waals surface area contributed by atoms with Crippen molar-refractivity contribution in [1.82, 2.24) is 25.1 Å². The standard InChI is InChI=1S/C19H28N6O/c1-15-12-23(13-16(2)26-15)14-17-8-10-24(11-9-17)19-20-21-22-25(19)18-6-4-3-5-7-18/h3-7,15-17H,8-14H2,1-2H3. The third-order valence-corrected chi connectivity index (χ3v) is 5.36. The molecule has 2 aliphatic rings. The molecule has 140 valence electrons. The Labute approximate surface area is 154 Å². The number of hydrogen-bond donors (Lipinski definition) is 0. The highest BCUT2D eigenvalue weighted by molar-refractivity contribution is 5.40. The van der Waals surface area contributed by atoms with Crippen LogP contribution >= 0.6 is 0 Å². The van der Waals surface area contributed by atoms with Gasteiger partial charge in [-0.15, -0.1) is 0 Å². The summed E-state index contributed by atoms with van der Waals surface area (Å²) in [7, 11) is 0. The van der Waals surface area contributed by atoms with Crippen LogP contribution in [0.3, 0.4) is 0 Å². The van der Waals surface area contributed by atoms with Gasteiger partial charge in [-0.25, -0.2) is 0 Å². The van der Waals surface area contributed by atoms with Gasteiger partial charge in [0.2, 0.25) is 5.95 Å². The molecular formula is C19H28N6O. The number of benzene rings is 1. The summed E-state index contributed by atoms with van der Waals surface area (Å²) >= 11 is 0. The topological polar surface area (TPSA) is 59.3 Å². The van der Waals surface area contributed by atoms with Crippen molar-refractivity contribution in [2.45, 2.75) is 38.9 Å². The third-order valence-electron chi connectivity index (χ3n) is 5.36. The fraction of sp³-hybridized carbons (Fsp3) is 0.632. The van der Waals surface area contributed by atoms with E-state index < -0.39 is 0 Å². The number of anilines is 1. The van der Waals surface area contributed by atoms with Crippen LogP contribution in [0.1, 0.15) is 26.7 Å². The first-order chi connectivity index (χ1) is 12.7. The van der Waals surface area contributed by atoms with Crippen molar-refractivity contribution in [3.63, 3.8) is 0 Å². The molecule has 26 heavy (non-hydrogen) atoms. The van der Waals surface area contributed by atoms with E-state index in [1.165, 1.54) is 19.4 Å². The molecule has 0 spiro atoms. The molecule has 2 fully saturated rings. The Kier molecular flexibility index (Phi) is 5.17. The minimum atomic E-state index is 0.342. The molecule has 0 saturated carbocycles. The Morgan fingerprint density at radius 2 is 1.73 bits per heavy atom. The highest BCUT2D eigenvalue weighted by atomic mass is 16.5. The Bertz CT molecular complexity index is 687. The normalized spacial score (nSPS) is 25.5. The number of rotatable bonds is 4. The number of piperidine rings is 1. The van der Waals surface area contributed by atoms with Crippen LogP contribution in [0.25, 0.3) is 5.69 Å². The molecule has 0 aliphatic carbocycles. The number of ether oxygens (including phenoxy) is 1. The maximum absolute atomic E-state index is 5.85. The van der Waals surface area contributed by atoms with Gasteiger partial charge in [0.05, 0.1) is 17.9 Å². The first kappa shape index (κ1) is 17.4. The second-order valence-corrected chi connectivity index (χ2v) is 7.63. The second kappa shape index (κ2) is 7.72. The molecule has 2 atom stereocenters. The Hall–Kier alpha value is -1.99. The number of para-hydroxylation sites is 1. The van der Waals surface area contributed by atoms with Gasteiger partial charge in [0.25, 0.3) is 0 Å². The van der Waals surface area contributed by atoms with Crippen molar-refractivity contribution < 1.29 is 4.74 Å². The quantitative estimate of drug-likeness (QED) is 0.835. The zero-order valence-corrected chi connectivity index (χ0v) is 15.7. The number of nitrogens with zero attached hydrogens (tertiary/aromatic N) is 6. The van der Waals surface area contributed by atoms with Crippen molar-refractivity contribution in [2.75, 3.05) is 37.6 Å². The minimum absolute atomic E-state index is 0.342.